The number of anilines is 1. The van der Waals surface area contributed by atoms with Gasteiger partial charge in [-0.25, -0.2) is 0 Å². The van der Waals surface area contributed by atoms with E-state index >= 15 is 0 Å². The lowest BCUT2D eigenvalue weighted by molar-refractivity contribution is 0.205. The van der Waals surface area contributed by atoms with E-state index in [4.69, 9.17) is 5.73 Å². The molecule has 0 aromatic carbocycles. The number of pyridine rings is 1. The molecule has 2 heterocycles. The fraction of sp³-hybridized carbons (Fsp3) is 0.400. The molecule has 5 heteroatoms. The molecule has 2 aromatic rings. The minimum Gasteiger partial charge on any atom is -0.398 e. The van der Waals surface area contributed by atoms with Crippen molar-refractivity contribution in [1.82, 2.24) is 9.47 Å². The molecule has 0 aliphatic heterocycles. The summed E-state index contributed by atoms with van der Waals surface area (Å²) < 4.78 is 1.68. The molecule has 0 saturated heterocycles. The number of nitrogen functional groups attached to an aromatic ring is 1. The van der Waals surface area contributed by atoms with Crippen LogP contribution in [0, 0.1) is 0 Å². The van der Waals surface area contributed by atoms with Gasteiger partial charge in [-0.3, -0.25) is 9.69 Å². The highest BCUT2D eigenvalue weighted by Crippen LogP contribution is 2.13. The van der Waals surface area contributed by atoms with Crippen molar-refractivity contribution < 1.29 is 0 Å². The lowest BCUT2D eigenvalue weighted by Crippen LogP contribution is -2.35. The van der Waals surface area contributed by atoms with Gasteiger partial charge in [-0.15, -0.1) is 11.3 Å². The molecule has 20 heavy (non-hydrogen) atoms. The molecule has 0 bridgehead atoms. The molecule has 0 radical (unpaired) electrons. The van der Waals surface area contributed by atoms with Crippen LogP contribution in [-0.4, -0.2) is 22.1 Å². The summed E-state index contributed by atoms with van der Waals surface area (Å²) in [6.45, 7) is 6.77. The second kappa shape index (κ2) is 6.72. The summed E-state index contributed by atoms with van der Waals surface area (Å²) >= 11 is 1.77. The number of nitrogens with zero attached hydrogens (tertiary/aromatic N) is 2. The Labute approximate surface area is 123 Å². The molecule has 0 fully saturated rings. The first kappa shape index (κ1) is 14.8. The minimum atomic E-state index is -0.000898. The predicted octanol–water partition coefficient (Wildman–Crippen LogP) is 2.40. The standard InChI is InChI=1S/C15H21N3OS/c1-12(2)17(11-14-4-3-9-20-14)7-8-18-10-13(16)5-6-15(18)19/h3-6,9-10,12H,7-8,11,16H2,1-2H3. The molecule has 2 rings (SSSR count). The van der Waals surface area contributed by atoms with Crippen molar-refractivity contribution in [3.8, 4) is 0 Å². The highest BCUT2D eigenvalue weighted by Gasteiger charge is 2.11. The van der Waals surface area contributed by atoms with Crippen molar-refractivity contribution in [2.24, 2.45) is 0 Å². The smallest absolute Gasteiger partial charge is 0.250 e. The van der Waals surface area contributed by atoms with E-state index in [1.807, 2.05) is 0 Å². The van der Waals surface area contributed by atoms with Crippen LogP contribution in [0.4, 0.5) is 5.69 Å². The third kappa shape index (κ3) is 3.95. The fourth-order valence-corrected chi connectivity index (χ4v) is 2.81. The number of rotatable bonds is 6. The molecule has 0 amide bonds. The van der Waals surface area contributed by atoms with Gasteiger partial charge in [-0.05, 0) is 31.4 Å². The van der Waals surface area contributed by atoms with Crippen LogP contribution in [0.5, 0.6) is 0 Å². The van der Waals surface area contributed by atoms with Crippen molar-refractivity contribution in [2.75, 3.05) is 12.3 Å². The molecule has 0 atom stereocenters. The normalized spacial score (nSPS) is 11.4. The number of hydrogen-bond acceptors (Lipinski definition) is 4. The largest absolute Gasteiger partial charge is 0.398 e. The van der Waals surface area contributed by atoms with Gasteiger partial charge < -0.3 is 10.3 Å². The topological polar surface area (TPSA) is 51.3 Å². The quantitative estimate of drug-likeness (QED) is 0.889. The number of thiophene rings is 1. The van der Waals surface area contributed by atoms with Crippen LogP contribution in [0.2, 0.25) is 0 Å². The van der Waals surface area contributed by atoms with Crippen LogP contribution in [0.25, 0.3) is 0 Å². The molecular weight excluding hydrogens is 270 g/mol. The van der Waals surface area contributed by atoms with Gasteiger partial charge in [0.1, 0.15) is 0 Å². The molecule has 0 aliphatic carbocycles. The second-order valence-corrected chi connectivity index (χ2v) is 6.17. The van der Waals surface area contributed by atoms with E-state index in [-0.39, 0.29) is 5.56 Å². The average molecular weight is 291 g/mol. The molecule has 0 unspecified atom stereocenters. The first-order chi connectivity index (χ1) is 9.56. The Morgan fingerprint density at radius 3 is 2.80 bits per heavy atom. The van der Waals surface area contributed by atoms with Crippen LogP contribution in [-0.2, 0) is 13.1 Å². The molecule has 2 N–H and O–H groups in total. The number of aromatic nitrogens is 1. The van der Waals surface area contributed by atoms with Gasteiger partial charge in [0, 0.05) is 48.5 Å². The zero-order chi connectivity index (χ0) is 14.5. The maximum atomic E-state index is 11.8. The van der Waals surface area contributed by atoms with Crippen LogP contribution < -0.4 is 11.3 Å². The molecule has 0 saturated carbocycles. The van der Waals surface area contributed by atoms with E-state index in [1.54, 1.807) is 28.2 Å². The summed E-state index contributed by atoms with van der Waals surface area (Å²) in [5.41, 5.74) is 6.35. The Bertz CT molecular complexity index is 589. The van der Waals surface area contributed by atoms with Gasteiger partial charge in [0.25, 0.3) is 5.56 Å². The minimum absolute atomic E-state index is 0.000898. The van der Waals surface area contributed by atoms with E-state index in [2.05, 4.69) is 36.3 Å². The van der Waals surface area contributed by atoms with Gasteiger partial charge >= 0.3 is 0 Å². The lowest BCUT2D eigenvalue weighted by Gasteiger charge is -2.26. The van der Waals surface area contributed by atoms with E-state index in [1.165, 1.54) is 10.9 Å². The third-order valence-corrected chi connectivity index (χ3v) is 4.16. The van der Waals surface area contributed by atoms with E-state index < -0.39 is 0 Å². The van der Waals surface area contributed by atoms with Gasteiger partial charge in [0.15, 0.2) is 0 Å². The Morgan fingerprint density at radius 2 is 2.15 bits per heavy atom. The van der Waals surface area contributed by atoms with Crippen LogP contribution >= 0.6 is 11.3 Å². The Kier molecular flexibility index (Phi) is 4.98. The van der Waals surface area contributed by atoms with E-state index in [9.17, 15) is 4.79 Å². The first-order valence-corrected chi connectivity index (χ1v) is 7.66. The van der Waals surface area contributed by atoms with Gasteiger partial charge in [0.2, 0.25) is 0 Å². The summed E-state index contributed by atoms with van der Waals surface area (Å²) in [7, 11) is 0. The molecule has 2 aromatic heterocycles. The van der Waals surface area contributed by atoms with E-state index in [0.29, 0.717) is 18.3 Å². The highest BCUT2D eigenvalue weighted by atomic mass is 32.1. The zero-order valence-corrected chi connectivity index (χ0v) is 12.8. The molecule has 0 aliphatic rings. The predicted molar refractivity (Wildman–Crippen MR) is 85.0 cm³/mol. The van der Waals surface area contributed by atoms with E-state index in [0.717, 1.165) is 13.1 Å². The number of nitrogens with two attached hydrogens (primary N) is 1. The first-order valence-electron chi connectivity index (χ1n) is 6.78. The maximum Gasteiger partial charge on any atom is 0.250 e. The molecule has 0 spiro atoms. The lowest BCUT2D eigenvalue weighted by atomic mass is 10.3. The Balaban J connectivity index is 2.02. The van der Waals surface area contributed by atoms with Crippen molar-refractivity contribution in [2.45, 2.75) is 33.0 Å². The van der Waals surface area contributed by atoms with Crippen molar-refractivity contribution in [3.63, 3.8) is 0 Å². The molecule has 4 nitrogen and oxygen atoms in total. The summed E-state index contributed by atoms with van der Waals surface area (Å²) in [4.78, 5) is 15.5. The monoisotopic (exact) mass is 291 g/mol. The Hall–Kier alpha value is -1.59. The van der Waals surface area contributed by atoms with Crippen molar-refractivity contribution >= 4 is 17.0 Å². The van der Waals surface area contributed by atoms with Crippen molar-refractivity contribution in [1.29, 1.82) is 0 Å². The van der Waals surface area contributed by atoms with Gasteiger partial charge in [-0.2, -0.15) is 0 Å². The number of hydrogen-bond donors (Lipinski definition) is 1. The molecular formula is C15H21N3OS. The molecule has 108 valence electrons. The highest BCUT2D eigenvalue weighted by molar-refractivity contribution is 7.09. The summed E-state index contributed by atoms with van der Waals surface area (Å²) in [6.07, 6.45) is 1.71. The Morgan fingerprint density at radius 1 is 1.35 bits per heavy atom. The zero-order valence-electron chi connectivity index (χ0n) is 12.0. The summed E-state index contributed by atoms with van der Waals surface area (Å²) in [5.74, 6) is 0. The maximum absolute atomic E-state index is 11.8. The van der Waals surface area contributed by atoms with Crippen LogP contribution in [0.15, 0.2) is 40.6 Å². The summed E-state index contributed by atoms with van der Waals surface area (Å²) in [6, 6.07) is 7.82. The van der Waals surface area contributed by atoms with Gasteiger partial charge in [-0.1, -0.05) is 6.07 Å². The van der Waals surface area contributed by atoms with Crippen LogP contribution in [0.3, 0.4) is 0 Å². The summed E-state index contributed by atoms with van der Waals surface area (Å²) in [5, 5.41) is 2.09. The van der Waals surface area contributed by atoms with Crippen LogP contribution in [0.1, 0.15) is 18.7 Å². The third-order valence-electron chi connectivity index (χ3n) is 3.30. The van der Waals surface area contributed by atoms with Crippen molar-refractivity contribution in [3.05, 3.63) is 51.1 Å². The fourth-order valence-electron chi connectivity index (χ4n) is 2.08. The SMILES string of the molecule is CC(C)N(CCn1cc(N)ccc1=O)Cc1cccs1. The van der Waals surface area contributed by atoms with Gasteiger partial charge in [0.05, 0.1) is 0 Å². The second-order valence-electron chi connectivity index (χ2n) is 5.14. The average Bonchev–Trinajstić information content (AvgIpc) is 2.90.